The van der Waals surface area contributed by atoms with E-state index in [4.69, 9.17) is 0 Å². The van der Waals surface area contributed by atoms with Crippen molar-refractivity contribution in [1.82, 2.24) is 5.32 Å². The van der Waals surface area contributed by atoms with Gasteiger partial charge in [0.1, 0.15) is 0 Å². The number of hydrogen-bond acceptors (Lipinski definition) is 1. The molecule has 0 heterocycles. The molecule has 20 heavy (non-hydrogen) atoms. The maximum atomic E-state index is 12.5. The predicted octanol–water partition coefficient (Wildman–Crippen LogP) is 4.24. The molecule has 2 aromatic carbocycles. The van der Waals surface area contributed by atoms with Gasteiger partial charge in [0.05, 0.1) is 12.6 Å². The molecule has 0 aliphatic rings. The molecule has 0 amide bonds. The number of alkyl halides is 3. The molecule has 2 rings (SSSR count). The summed E-state index contributed by atoms with van der Waals surface area (Å²) >= 11 is 0. The van der Waals surface area contributed by atoms with Gasteiger partial charge in [-0.2, -0.15) is 13.2 Å². The van der Waals surface area contributed by atoms with E-state index in [1.165, 1.54) is 0 Å². The molecule has 4 heteroatoms. The lowest BCUT2D eigenvalue weighted by molar-refractivity contribution is -0.125. The first-order valence-electron chi connectivity index (χ1n) is 6.38. The standard InChI is InChI=1S/C16H16F3N/c1-12-7-5-6-10-14(12)15(20-11-16(17,18)19)13-8-3-2-4-9-13/h2-10,15,20H,11H2,1H3. The Kier molecular flexibility index (Phi) is 4.45. The summed E-state index contributed by atoms with van der Waals surface area (Å²) in [6.07, 6.45) is -4.23. The number of rotatable bonds is 4. The molecule has 0 aliphatic heterocycles. The van der Waals surface area contributed by atoms with Crippen LogP contribution in [-0.2, 0) is 0 Å². The van der Waals surface area contributed by atoms with Crippen LogP contribution in [0, 0.1) is 6.92 Å². The van der Waals surface area contributed by atoms with E-state index in [9.17, 15) is 13.2 Å². The minimum absolute atomic E-state index is 0.459. The van der Waals surface area contributed by atoms with Crippen molar-refractivity contribution in [2.24, 2.45) is 0 Å². The Balaban J connectivity index is 2.32. The van der Waals surface area contributed by atoms with E-state index in [0.717, 1.165) is 16.7 Å². The molecule has 1 N–H and O–H groups in total. The predicted molar refractivity (Wildman–Crippen MR) is 73.5 cm³/mol. The van der Waals surface area contributed by atoms with Crippen molar-refractivity contribution >= 4 is 0 Å². The van der Waals surface area contributed by atoms with Crippen LogP contribution in [0.15, 0.2) is 54.6 Å². The van der Waals surface area contributed by atoms with Gasteiger partial charge in [-0.1, -0.05) is 54.6 Å². The minimum atomic E-state index is -4.23. The minimum Gasteiger partial charge on any atom is -0.298 e. The Hall–Kier alpha value is -1.81. The second-order valence-corrected chi connectivity index (χ2v) is 4.70. The molecule has 0 radical (unpaired) electrons. The van der Waals surface area contributed by atoms with Crippen LogP contribution in [0.3, 0.4) is 0 Å². The Morgan fingerprint density at radius 2 is 1.55 bits per heavy atom. The van der Waals surface area contributed by atoms with Crippen LogP contribution in [0.1, 0.15) is 22.7 Å². The molecule has 1 nitrogen and oxygen atoms in total. The zero-order valence-electron chi connectivity index (χ0n) is 11.1. The van der Waals surface area contributed by atoms with Crippen molar-refractivity contribution in [3.05, 3.63) is 71.3 Å². The SMILES string of the molecule is Cc1ccccc1C(NCC(F)(F)F)c1ccccc1. The third-order valence-corrected chi connectivity index (χ3v) is 3.14. The maximum Gasteiger partial charge on any atom is 0.401 e. The first-order valence-corrected chi connectivity index (χ1v) is 6.38. The molecule has 0 saturated carbocycles. The summed E-state index contributed by atoms with van der Waals surface area (Å²) in [5.74, 6) is 0. The molecule has 0 bridgehead atoms. The molecule has 0 aliphatic carbocycles. The lowest BCUT2D eigenvalue weighted by atomic mass is 9.95. The number of aryl methyl sites for hydroxylation is 1. The summed E-state index contributed by atoms with van der Waals surface area (Å²) in [5, 5.41) is 2.61. The zero-order valence-corrected chi connectivity index (χ0v) is 11.1. The van der Waals surface area contributed by atoms with E-state index >= 15 is 0 Å². The van der Waals surface area contributed by atoms with Gasteiger partial charge in [0.2, 0.25) is 0 Å². The number of benzene rings is 2. The summed E-state index contributed by atoms with van der Waals surface area (Å²) in [4.78, 5) is 0. The Labute approximate surface area is 116 Å². The fourth-order valence-electron chi connectivity index (χ4n) is 2.18. The Morgan fingerprint density at radius 3 is 2.15 bits per heavy atom. The van der Waals surface area contributed by atoms with Crippen LogP contribution in [0.5, 0.6) is 0 Å². The van der Waals surface area contributed by atoms with Crippen LogP contribution in [0.2, 0.25) is 0 Å². The highest BCUT2D eigenvalue weighted by Gasteiger charge is 2.29. The van der Waals surface area contributed by atoms with Crippen LogP contribution in [-0.4, -0.2) is 12.7 Å². The van der Waals surface area contributed by atoms with E-state index < -0.39 is 18.8 Å². The molecule has 1 unspecified atom stereocenters. The van der Waals surface area contributed by atoms with Crippen LogP contribution in [0.4, 0.5) is 13.2 Å². The Morgan fingerprint density at radius 1 is 0.950 bits per heavy atom. The van der Waals surface area contributed by atoms with Gasteiger partial charge in [-0.25, -0.2) is 0 Å². The van der Waals surface area contributed by atoms with Crippen molar-refractivity contribution in [3.63, 3.8) is 0 Å². The summed E-state index contributed by atoms with van der Waals surface area (Å²) in [5.41, 5.74) is 2.66. The van der Waals surface area contributed by atoms with Gasteiger partial charge in [0.25, 0.3) is 0 Å². The monoisotopic (exact) mass is 279 g/mol. The number of hydrogen-bond donors (Lipinski definition) is 1. The highest BCUT2D eigenvalue weighted by Crippen LogP contribution is 2.26. The van der Waals surface area contributed by atoms with Crippen LogP contribution in [0.25, 0.3) is 0 Å². The van der Waals surface area contributed by atoms with Gasteiger partial charge < -0.3 is 0 Å². The van der Waals surface area contributed by atoms with Crippen LogP contribution < -0.4 is 5.32 Å². The second kappa shape index (κ2) is 6.09. The zero-order chi connectivity index (χ0) is 14.6. The third kappa shape index (κ3) is 3.84. The van der Waals surface area contributed by atoms with E-state index in [1.54, 1.807) is 0 Å². The second-order valence-electron chi connectivity index (χ2n) is 4.70. The van der Waals surface area contributed by atoms with E-state index in [0.29, 0.717) is 0 Å². The highest BCUT2D eigenvalue weighted by atomic mass is 19.4. The molecular formula is C16H16F3N. The smallest absolute Gasteiger partial charge is 0.298 e. The van der Waals surface area contributed by atoms with Crippen molar-refractivity contribution in [1.29, 1.82) is 0 Å². The van der Waals surface area contributed by atoms with Crippen molar-refractivity contribution < 1.29 is 13.2 Å². The van der Waals surface area contributed by atoms with Gasteiger partial charge >= 0.3 is 6.18 Å². The van der Waals surface area contributed by atoms with Crippen molar-refractivity contribution in [2.75, 3.05) is 6.54 Å². The first-order chi connectivity index (χ1) is 9.47. The first kappa shape index (κ1) is 14.6. The average molecular weight is 279 g/mol. The average Bonchev–Trinajstić information content (AvgIpc) is 2.41. The molecule has 0 spiro atoms. The molecule has 106 valence electrons. The van der Waals surface area contributed by atoms with E-state index in [-0.39, 0.29) is 0 Å². The summed E-state index contributed by atoms with van der Waals surface area (Å²) in [6, 6.07) is 16.2. The fourth-order valence-corrected chi connectivity index (χ4v) is 2.18. The molecule has 0 aromatic heterocycles. The van der Waals surface area contributed by atoms with Gasteiger partial charge in [-0.3, -0.25) is 5.32 Å². The molecule has 2 aromatic rings. The van der Waals surface area contributed by atoms with Gasteiger partial charge in [-0.05, 0) is 23.6 Å². The van der Waals surface area contributed by atoms with Crippen molar-refractivity contribution in [2.45, 2.75) is 19.1 Å². The normalized spacial score (nSPS) is 13.2. The fraction of sp³-hybridized carbons (Fsp3) is 0.250. The topological polar surface area (TPSA) is 12.0 Å². The Bertz CT molecular complexity index is 549. The maximum absolute atomic E-state index is 12.5. The van der Waals surface area contributed by atoms with E-state index in [1.807, 2.05) is 61.5 Å². The largest absolute Gasteiger partial charge is 0.401 e. The molecular weight excluding hydrogens is 263 g/mol. The van der Waals surface area contributed by atoms with E-state index in [2.05, 4.69) is 5.32 Å². The molecule has 0 saturated heterocycles. The summed E-state index contributed by atoms with van der Waals surface area (Å²) in [7, 11) is 0. The summed E-state index contributed by atoms with van der Waals surface area (Å²) < 4.78 is 37.5. The summed E-state index contributed by atoms with van der Waals surface area (Å²) in [6.45, 7) is 0.890. The third-order valence-electron chi connectivity index (χ3n) is 3.14. The van der Waals surface area contributed by atoms with Gasteiger partial charge in [0.15, 0.2) is 0 Å². The van der Waals surface area contributed by atoms with Crippen molar-refractivity contribution in [3.8, 4) is 0 Å². The van der Waals surface area contributed by atoms with Gasteiger partial charge in [-0.15, -0.1) is 0 Å². The lowest BCUT2D eigenvalue weighted by Crippen LogP contribution is -2.33. The van der Waals surface area contributed by atoms with Gasteiger partial charge in [0, 0.05) is 0 Å². The van der Waals surface area contributed by atoms with Crippen LogP contribution >= 0.6 is 0 Å². The molecule has 1 atom stereocenters. The highest BCUT2D eigenvalue weighted by molar-refractivity contribution is 5.36. The lowest BCUT2D eigenvalue weighted by Gasteiger charge is -2.22. The quantitative estimate of drug-likeness (QED) is 0.882. The molecule has 0 fully saturated rings. The number of nitrogens with one attached hydrogen (secondary N) is 1. The number of halogens is 3.